The second kappa shape index (κ2) is 8.06. The van der Waals surface area contributed by atoms with Gasteiger partial charge in [0.15, 0.2) is 0 Å². The lowest BCUT2D eigenvalue weighted by molar-refractivity contribution is -0.139. The third-order valence-electron chi connectivity index (χ3n) is 2.48. The number of amides is 1. The summed E-state index contributed by atoms with van der Waals surface area (Å²) in [5.41, 5.74) is 0.170. The van der Waals surface area contributed by atoms with Crippen LogP contribution in [-0.2, 0) is 14.3 Å². The maximum atomic E-state index is 11.8. The van der Waals surface area contributed by atoms with Crippen LogP contribution in [0.25, 0.3) is 0 Å². The largest absolute Gasteiger partial charge is 0.478 e. The van der Waals surface area contributed by atoms with Gasteiger partial charge in [-0.1, -0.05) is 0 Å². The first-order valence-corrected chi connectivity index (χ1v) is 6.03. The molecule has 1 rings (SSSR count). The maximum absolute atomic E-state index is 11.8. The molecule has 1 amide bonds. The molecule has 1 aromatic carbocycles. The van der Waals surface area contributed by atoms with Crippen molar-refractivity contribution in [2.75, 3.05) is 19.0 Å². The lowest BCUT2D eigenvalue weighted by Crippen LogP contribution is -2.22. The summed E-state index contributed by atoms with van der Waals surface area (Å²) in [6, 6.07) is 7.13. The predicted octanol–water partition coefficient (Wildman–Crippen LogP) is 0.493. The fourth-order valence-electron chi connectivity index (χ4n) is 1.35. The molecule has 0 bridgehead atoms. The number of carboxylic acid groups (broad SMARTS) is 1. The fraction of sp³-hybridized carbons (Fsp3) is 0.143. The minimum Gasteiger partial charge on any atom is -0.478 e. The first-order chi connectivity index (χ1) is 10.5. The number of esters is 1. The number of methoxy groups -OCH3 is 1. The number of carbonyl (C=O) groups excluding carboxylic acids is 2. The molecule has 114 valence electrons. The van der Waals surface area contributed by atoms with Gasteiger partial charge in [0.1, 0.15) is 18.2 Å². The number of rotatable bonds is 6. The van der Waals surface area contributed by atoms with Crippen molar-refractivity contribution in [3.63, 3.8) is 0 Å². The third-order valence-corrected chi connectivity index (χ3v) is 2.48. The molecule has 0 spiro atoms. The van der Waals surface area contributed by atoms with Crippen LogP contribution in [0, 0.1) is 11.3 Å². The molecule has 0 atom stereocenters. The van der Waals surface area contributed by atoms with Gasteiger partial charge in [0.25, 0.3) is 5.91 Å². The third kappa shape index (κ3) is 4.97. The monoisotopic (exact) mass is 303 g/mol. The number of ether oxygens (including phenoxy) is 1. The summed E-state index contributed by atoms with van der Waals surface area (Å²) in [5.74, 6) is -2.32. The smallest absolute Gasteiger partial charge is 0.335 e. The molecular weight excluding hydrogens is 290 g/mol. The summed E-state index contributed by atoms with van der Waals surface area (Å²) in [7, 11) is 1.21. The standard InChI is InChI=1S/C14H13N3O5/c1-22-12(18)8-16-7-10(6-15)13(19)17-11-4-2-9(3-5-11)14(20)21/h2-5,7,16H,8H2,1H3,(H,17,19)(H,20,21)/b10-7-. The highest BCUT2D eigenvalue weighted by molar-refractivity contribution is 6.06. The van der Waals surface area contributed by atoms with Crippen LogP contribution in [0.4, 0.5) is 5.69 Å². The van der Waals surface area contributed by atoms with Crippen LogP contribution in [-0.4, -0.2) is 36.6 Å². The Kier molecular flexibility index (Phi) is 6.12. The van der Waals surface area contributed by atoms with Gasteiger partial charge in [0.05, 0.1) is 12.7 Å². The van der Waals surface area contributed by atoms with Gasteiger partial charge in [0.2, 0.25) is 0 Å². The highest BCUT2D eigenvalue weighted by atomic mass is 16.5. The SMILES string of the molecule is COC(=O)CN/C=C(/C#N)C(=O)Nc1ccc(C(=O)O)cc1. The van der Waals surface area contributed by atoms with E-state index in [1.807, 2.05) is 0 Å². The molecule has 0 unspecified atom stereocenters. The zero-order chi connectivity index (χ0) is 16.5. The molecule has 1 aromatic rings. The molecule has 0 saturated carbocycles. The first-order valence-electron chi connectivity index (χ1n) is 6.03. The molecule has 8 nitrogen and oxygen atoms in total. The van der Waals surface area contributed by atoms with Crippen LogP contribution >= 0.6 is 0 Å². The normalized spacial score (nSPS) is 10.3. The van der Waals surface area contributed by atoms with Crippen molar-refractivity contribution in [3.05, 3.63) is 41.6 Å². The summed E-state index contributed by atoms with van der Waals surface area (Å²) in [4.78, 5) is 33.4. The van der Waals surface area contributed by atoms with Crippen molar-refractivity contribution in [1.82, 2.24) is 5.32 Å². The van der Waals surface area contributed by atoms with Gasteiger partial charge in [0, 0.05) is 11.9 Å². The molecule has 0 aliphatic heterocycles. The number of carbonyl (C=O) groups is 3. The van der Waals surface area contributed by atoms with E-state index in [0.717, 1.165) is 6.20 Å². The number of nitrogens with zero attached hydrogens (tertiary/aromatic N) is 1. The molecule has 8 heteroatoms. The van der Waals surface area contributed by atoms with Gasteiger partial charge >= 0.3 is 11.9 Å². The number of nitriles is 1. The van der Waals surface area contributed by atoms with Gasteiger partial charge in [-0.2, -0.15) is 5.26 Å². The molecule has 0 fully saturated rings. The van der Waals surface area contributed by atoms with Crippen LogP contribution in [0.1, 0.15) is 10.4 Å². The Hall–Kier alpha value is -3.34. The zero-order valence-corrected chi connectivity index (χ0v) is 11.6. The molecule has 0 radical (unpaired) electrons. The van der Waals surface area contributed by atoms with E-state index < -0.39 is 17.8 Å². The first kappa shape index (κ1) is 16.7. The molecule has 3 N–H and O–H groups in total. The number of hydrogen-bond donors (Lipinski definition) is 3. The molecule has 0 aromatic heterocycles. The highest BCUT2D eigenvalue weighted by Crippen LogP contribution is 2.10. The van der Waals surface area contributed by atoms with Crippen molar-refractivity contribution in [1.29, 1.82) is 5.26 Å². The molecule has 22 heavy (non-hydrogen) atoms. The summed E-state index contributed by atoms with van der Waals surface area (Å²) < 4.78 is 4.39. The minimum absolute atomic E-state index is 0.0776. The number of carboxylic acids is 1. The van der Waals surface area contributed by atoms with Gasteiger partial charge in [-0.05, 0) is 24.3 Å². The lowest BCUT2D eigenvalue weighted by atomic mass is 10.2. The van der Waals surface area contributed by atoms with Gasteiger partial charge < -0.3 is 20.5 Å². The Morgan fingerprint density at radius 3 is 2.45 bits per heavy atom. The topological polar surface area (TPSA) is 129 Å². The highest BCUT2D eigenvalue weighted by Gasteiger charge is 2.10. The quantitative estimate of drug-likeness (QED) is 0.396. The number of anilines is 1. The molecule has 0 heterocycles. The summed E-state index contributed by atoms with van der Waals surface area (Å²) >= 11 is 0. The van der Waals surface area contributed by atoms with E-state index in [1.54, 1.807) is 6.07 Å². The fourth-order valence-corrected chi connectivity index (χ4v) is 1.35. The summed E-state index contributed by atoms with van der Waals surface area (Å²) in [6.45, 7) is -0.178. The van der Waals surface area contributed by atoms with Gasteiger partial charge in [-0.25, -0.2) is 4.79 Å². The predicted molar refractivity (Wildman–Crippen MR) is 75.7 cm³/mol. The Bertz CT molecular complexity index is 643. The Morgan fingerprint density at radius 1 is 1.32 bits per heavy atom. The Balaban J connectivity index is 2.69. The number of benzene rings is 1. The van der Waals surface area contributed by atoms with Crippen molar-refractivity contribution in [2.45, 2.75) is 0 Å². The lowest BCUT2D eigenvalue weighted by Gasteiger charge is -2.05. The Labute approximate surface area is 126 Å². The van der Waals surface area contributed by atoms with E-state index >= 15 is 0 Å². The van der Waals surface area contributed by atoms with Crippen LogP contribution in [0.15, 0.2) is 36.0 Å². The minimum atomic E-state index is -1.08. The summed E-state index contributed by atoms with van der Waals surface area (Å²) in [6.07, 6.45) is 1.10. The van der Waals surface area contributed by atoms with E-state index in [1.165, 1.54) is 31.4 Å². The van der Waals surface area contributed by atoms with Crippen molar-refractivity contribution in [3.8, 4) is 6.07 Å². The van der Waals surface area contributed by atoms with E-state index in [2.05, 4.69) is 15.4 Å². The number of nitrogens with one attached hydrogen (secondary N) is 2. The number of hydrogen-bond acceptors (Lipinski definition) is 6. The average Bonchev–Trinajstić information content (AvgIpc) is 2.51. The zero-order valence-electron chi connectivity index (χ0n) is 11.6. The molecule has 0 aliphatic rings. The molecule has 0 saturated heterocycles. The van der Waals surface area contributed by atoms with Crippen LogP contribution in [0.3, 0.4) is 0 Å². The number of aromatic carboxylic acids is 1. The van der Waals surface area contributed by atoms with Crippen molar-refractivity contribution in [2.24, 2.45) is 0 Å². The van der Waals surface area contributed by atoms with E-state index in [9.17, 15) is 14.4 Å². The van der Waals surface area contributed by atoms with E-state index in [4.69, 9.17) is 10.4 Å². The summed E-state index contributed by atoms with van der Waals surface area (Å²) in [5, 5.41) is 22.6. The second-order valence-corrected chi connectivity index (χ2v) is 3.96. The van der Waals surface area contributed by atoms with Crippen molar-refractivity contribution >= 4 is 23.5 Å². The average molecular weight is 303 g/mol. The van der Waals surface area contributed by atoms with E-state index in [0.29, 0.717) is 5.69 Å². The van der Waals surface area contributed by atoms with E-state index in [-0.39, 0.29) is 17.7 Å². The Morgan fingerprint density at radius 2 is 1.95 bits per heavy atom. The second-order valence-electron chi connectivity index (χ2n) is 3.96. The maximum Gasteiger partial charge on any atom is 0.335 e. The van der Waals surface area contributed by atoms with Crippen molar-refractivity contribution < 1.29 is 24.2 Å². The molecule has 0 aliphatic carbocycles. The van der Waals surface area contributed by atoms with Gasteiger partial charge in [-0.3, -0.25) is 9.59 Å². The van der Waals surface area contributed by atoms with Crippen LogP contribution in [0.5, 0.6) is 0 Å². The molecular formula is C14H13N3O5. The van der Waals surface area contributed by atoms with Crippen LogP contribution in [0.2, 0.25) is 0 Å². The van der Waals surface area contributed by atoms with Crippen LogP contribution < -0.4 is 10.6 Å². The van der Waals surface area contributed by atoms with Gasteiger partial charge in [-0.15, -0.1) is 0 Å².